The normalized spacial score (nSPS) is 9.19. The number of thiocarbonyl (C=S) groups is 1. The van der Waals surface area contributed by atoms with E-state index in [9.17, 15) is 0 Å². The Morgan fingerprint density at radius 1 is 1.44 bits per heavy atom. The summed E-state index contributed by atoms with van der Waals surface area (Å²) in [4.78, 5) is 0.689. The van der Waals surface area contributed by atoms with Crippen molar-refractivity contribution in [2.24, 2.45) is 0 Å². The summed E-state index contributed by atoms with van der Waals surface area (Å²) >= 11 is 6.53. The highest BCUT2D eigenvalue weighted by atomic mass is 32.2. The molecule has 1 rings (SSSR count). The van der Waals surface area contributed by atoms with E-state index in [0.29, 0.717) is 27.9 Å². The third-order valence-electron chi connectivity index (χ3n) is 1.67. The third kappa shape index (κ3) is 4.47. The average Bonchev–Trinajstić information content (AvgIpc) is 2.30. The first-order chi connectivity index (χ1) is 7.74. The van der Waals surface area contributed by atoms with E-state index in [1.54, 1.807) is 0 Å². The monoisotopic (exact) mass is 249 g/mol. The minimum absolute atomic E-state index is 0.370. The Bertz CT molecular complexity index is 409. The van der Waals surface area contributed by atoms with E-state index in [2.05, 4.69) is 12.6 Å². The Hall–Kier alpha value is -1.31. The van der Waals surface area contributed by atoms with Gasteiger partial charge in [0.1, 0.15) is 5.75 Å². The average molecular weight is 249 g/mol. The van der Waals surface area contributed by atoms with Crippen molar-refractivity contribution < 1.29 is 4.74 Å². The van der Waals surface area contributed by atoms with E-state index in [1.165, 1.54) is 11.8 Å². The number of rotatable bonds is 5. The molecule has 0 fully saturated rings. The number of nitriles is 1. The van der Waals surface area contributed by atoms with Gasteiger partial charge in [-0.25, -0.2) is 0 Å². The van der Waals surface area contributed by atoms with Crippen molar-refractivity contribution >= 4 is 29.0 Å². The smallest absolute Gasteiger partial charge is 0.203 e. The fraction of sp³-hybridized carbons (Fsp3) is 0.167. The second kappa shape index (κ2) is 7.04. The highest BCUT2D eigenvalue weighted by molar-refractivity contribution is 8.05. The molecule has 0 spiro atoms. The lowest BCUT2D eigenvalue weighted by Crippen LogP contribution is -2.06. The molecule has 0 aliphatic rings. The van der Waals surface area contributed by atoms with Gasteiger partial charge in [0.2, 0.25) is 5.05 Å². The molecule has 1 aromatic rings. The maximum Gasteiger partial charge on any atom is 0.203 e. The van der Waals surface area contributed by atoms with Crippen LogP contribution in [0.15, 0.2) is 41.8 Å². The summed E-state index contributed by atoms with van der Waals surface area (Å²) in [5.41, 5.74) is 0. The number of thioether (sulfide) groups is 1. The van der Waals surface area contributed by atoms with Crippen molar-refractivity contribution in [3.05, 3.63) is 41.8 Å². The molecule has 0 heterocycles. The van der Waals surface area contributed by atoms with Crippen molar-refractivity contribution in [1.82, 2.24) is 0 Å². The van der Waals surface area contributed by atoms with Crippen molar-refractivity contribution in [2.75, 3.05) is 5.75 Å². The third-order valence-corrected chi connectivity index (χ3v) is 3.07. The van der Waals surface area contributed by atoms with Gasteiger partial charge in [0.15, 0.2) is 0 Å². The van der Waals surface area contributed by atoms with Gasteiger partial charge < -0.3 is 4.74 Å². The topological polar surface area (TPSA) is 33.0 Å². The molecule has 0 aliphatic heterocycles. The molecule has 0 saturated carbocycles. The zero-order valence-corrected chi connectivity index (χ0v) is 10.3. The lowest BCUT2D eigenvalue weighted by Gasteiger charge is -2.08. The number of nitrogens with zero attached hydrogens (tertiary/aromatic N) is 1. The SMILES string of the molecule is C=C(SCCC#N)C(=S)Oc1ccccc1. The molecule has 2 nitrogen and oxygen atoms in total. The molecule has 82 valence electrons. The first-order valence-corrected chi connectivity index (χ1v) is 6.09. The standard InChI is InChI=1S/C12H11NOS2/c1-10(16-9-5-8-13)12(15)14-11-6-3-2-4-7-11/h2-4,6-7H,1,5,9H2. The van der Waals surface area contributed by atoms with Crippen LogP contribution in [0.1, 0.15) is 6.42 Å². The summed E-state index contributed by atoms with van der Waals surface area (Å²) in [6.07, 6.45) is 0.484. The first kappa shape index (κ1) is 12.8. The molecule has 0 amide bonds. The summed E-state index contributed by atoms with van der Waals surface area (Å²) in [5, 5.41) is 8.77. The van der Waals surface area contributed by atoms with Gasteiger partial charge in [0.05, 0.1) is 11.0 Å². The van der Waals surface area contributed by atoms with Crippen LogP contribution >= 0.6 is 24.0 Å². The predicted molar refractivity (Wildman–Crippen MR) is 71.5 cm³/mol. The lowest BCUT2D eigenvalue weighted by atomic mass is 10.3. The predicted octanol–water partition coefficient (Wildman–Crippen LogP) is 3.55. The van der Waals surface area contributed by atoms with E-state index in [0.717, 1.165) is 0 Å². The number of para-hydroxylation sites is 1. The first-order valence-electron chi connectivity index (χ1n) is 4.70. The Kier molecular flexibility index (Phi) is 5.62. The van der Waals surface area contributed by atoms with Crippen LogP contribution in [0.2, 0.25) is 0 Å². The van der Waals surface area contributed by atoms with Crippen molar-refractivity contribution in [3.8, 4) is 11.8 Å². The van der Waals surface area contributed by atoms with Crippen LogP contribution in [0, 0.1) is 11.3 Å². The number of benzene rings is 1. The summed E-state index contributed by atoms with van der Waals surface area (Å²) in [6, 6.07) is 11.4. The lowest BCUT2D eigenvalue weighted by molar-refractivity contribution is 0.568. The molecular formula is C12H11NOS2. The highest BCUT2D eigenvalue weighted by Crippen LogP contribution is 2.19. The molecule has 16 heavy (non-hydrogen) atoms. The molecule has 0 saturated heterocycles. The molecule has 0 bridgehead atoms. The van der Waals surface area contributed by atoms with Gasteiger partial charge in [-0.15, -0.1) is 11.8 Å². The molecule has 0 aliphatic carbocycles. The van der Waals surface area contributed by atoms with Gasteiger partial charge in [0.25, 0.3) is 0 Å². The van der Waals surface area contributed by atoms with Gasteiger partial charge in [-0.2, -0.15) is 5.26 Å². The van der Waals surface area contributed by atoms with Crippen LogP contribution in [0.4, 0.5) is 0 Å². The fourth-order valence-corrected chi connectivity index (χ4v) is 1.80. The van der Waals surface area contributed by atoms with Crippen LogP contribution < -0.4 is 4.74 Å². The van der Waals surface area contributed by atoms with Crippen molar-refractivity contribution in [1.29, 1.82) is 5.26 Å². The number of hydrogen-bond acceptors (Lipinski definition) is 4. The number of ether oxygens (including phenoxy) is 1. The largest absolute Gasteiger partial charge is 0.445 e. The van der Waals surface area contributed by atoms with Crippen LogP contribution in [0.3, 0.4) is 0 Å². The van der Waals surface area contributed by atoms with Crippen LogP contribution in [0.25, 0.3) is 0 Å². The molecule has 1 aromatic carbocycles. The molecular weight excluding hydrogens is 238 g/mol. The Balaban J connectivity index is 2.41. The van der Waals surface area contributed by atoms with Crippen LogP contribution in [-0.2, 0) is 0 Å². The molecule has 0 radical (unpaired) electrons. The molecule has 0 unspecified atom stereocenters. The second-order valence-corrected chi connectivity index (χ2v) is 4.44. The molecule has 4 heteroatoms. The summed E-state index contributed by atoms with van der Waals surface area (Å²) < 4.78 is 5.44. The zero-order chi connectivity index (χ0) is 11.8. The fourth-order valence-electron chi connectivity index (χ4n) is 0.931. The van der Waals surface area contributed by atoms with E-state index in [-0.39, 0.29) is 0 Å². The van der Waals surface area contributed by atoms with Crippen molar-refractivity contribution in [2.45, 2.75) is 6.42 Å². The van der Waals surface area contributed by atoms with Crippen molar-refractivity contribution in [3.63, 3.8) is 0 Å². The maximum atomic E-state index is 8.40. The van der Waals surface area contributed by atoms with Crippen LogP contribution in [-0.4, -0.2) is 10.8 Å². The minimum atomic E-state index is 0.370. The van der Waals surface area contributed by atoms with Crippen LogP contribution in [0.5, 0.6) is 5.75 Å². The Morgan fingerprint density at radius 3 is 2.75 bits per heavy atom. The molecule has 0 atom stereocenters. The summed E-state index contributed by atoms with van der Waals surface area (Å²) in [5.74, 6) is 1.39. The zero-order valence-electron chi connectivity index (χ0n) is 8.68. The van der Waals surface area contributed by atoms with Gasteiger partial charge in [-0.05, 0) is 24.4 Å². The second-order valence-electron chi connectivity index (χ2n) is 2.88. The number of hydrogen-bond donors (Lipinski definition) is 0. The van der Waals surface area contributed by atoms with E-state index in [1.807, 2.05) is 30.3 Å². The van der Waals surface area contributed by atoms with E-state index >= 15 is 0 Å². The van der Waals surface area contributed by atoms with E-state index in [4.69, 9.17) is 22.2 Å². The summed E-state index contributed by atoms with van der Waals surface area (Å²) in [6.45, 7) is 3.81. The van der Waals surface area contributed by atoms with Gasteiger partial charge in [-0.3, -0.25) is 0 Å². The Labute approximate surface area is 105 Å². The maximum absolute atomic E-state index is 8.40. The van der Waals surface area contributed by atoms with Gasteiger partial charge in [-0.1, -0.05) is 24.8 Å². The quantitative estimate of drug-likeness (QED) is 0.454. The highest BCUT2D eigenvalue weighted by Gasteiger charge is 2.05. The van der Waals surface area contributed by atoms with E-state index < -0.39 is 0 Å². The minimum Gasteiger partial charge on any atom is -0.445 e. The summed E-state index contributed by atoms with van der Waals surface area (Å²) in [7, 11) is 0. The van der Waals surface area contributed by atoms with Gasteiger partial charge in [0, 0.05) is 12.2 Å². The Morgan fingerprint density at radius 2 is 2.12 bits per heavy atom. The molecule has 0 aromatic heterocycles. The van der Waals surface area contributed by atoms with Gasteiger partial charge >= 0.3 is 0 Å². The molecule has 0 N–H and O–H groups in total.